The largest absolute Gasteiger partial charge is 0.393 e. The van der Waals surface area contributed by atoms with Gasteiger partial charge in [-0.3, -0.25) is 4.68 Å². The Morgan fingerprint density at radius 2 is 2.46 bits per heavy atom. The highest BCUT2D eigenvalue weighted by Gasteiger charge is 2.45. The van der Waals surface area contributed by atoms with Crippen molar-refractivity contribution in [3.8, 4) is 0 Å². The Morgan fingerprint density at radius 3 is 2.85 bits per heavy atom. The van der Waals surface area contributed by atoms with E-state index in [1.54, 1.807) is 6.20 Å². The Hall–Kier alpha value is -0.870. The standard InChI is InChI=1S/C9H15N3O/c1-12-8(2-3-11-12)9(6-10)4-7(13)5-9/h2-3,7,13H,4-6,10H2,1H3. The summed E-state index contributed by atoms with van der Waals surface area (Å²) in [6, 6.07) is 1.98. The molecule has 1 aliphatic carbocycles. The molecule has 0 atom stereocenters. The minimum Gasteiger partial charge on any atom is -0.393 e. The molecule has 0 aromatic carbocycles. The average Bonchev–Trinajstić information content (AvgIpc) is 2.46. The molecule has 0 aliphatic heterocycles. The number of rotatable bonds is 2. The van der Waals surface area contributed by atoms with Crippen LogP contribution in [0.1, 0.15) is 18.5 Å². The van der Waals surface area contributed by atoms with Gasteiger partial charge in [0.2, 0.25) is 0 Å². The van der Waals surface area contributed by atoms with E-state index in [-0.39, 0.29) is 11.5 Å². The van der Waals surface area contributed by atoms with Gasteiger partial charge in [-0.2, -0.15) is 5.10 Å². The van der Waals surface area contributed by atoms with E-state index in [9.17, 15) is 5.11 Å². The summed E-state index contributed by atoms with van der Waals surface area (Å²) in [6.07, 6.45) is 3.13. The predicted octanol–water partition coefficient (Wildman–Crippen LogP) is -0.229. The third-order valence-corrected chi connectivity index (χ3v) is 3.01. The molecule has 0 radical (unpaired) electrons. The number of hydrogen-bond acceptors (Lipinski definition) is 3. The number of aromatic nitrogens is 2. The van der Waals surface area contributed by atoms with Crippen LogP contribution in [0.3, 0.4) is 0 Å². The van der Waals surface area contributed by atoms with Gasteiger partial charge in [-0.05, 0) is 18.9 Å². The van der Waals surface area contributed by atoms with Crippen LogP contribution in [0.25, 0.3) is 0 Å². The molecule has 3 N–H and O–H groups in total. The van der Waals surface area contributed by atoms with Crippen LogP contribution in [0.2, 0.25) is 0 Å². The van der Waals surface area contributed by atoms with Crippen LogP contribution in [0.15, 0.2) is 12.3 Å². The van der Waals surface area contributed by atoms with Crippen molar-refractivity contribution in [2.24, 2.45) is 12.8 Å². The molecule has 1 saturated carbocycles. The number of nitrogens with two attached hydrogens (primary N) is 1. The highest BCUT2D eigenvalue weighted by molar-refractivity contribution is 5.22. The highest BCUT2D eigenvalue weighted by atomic mass is 16.3. The molecule has 1 heterocycles. The first-order chi connectivity index (χ1) is 6.18. The second kappa shape index (κ2) is 2.82. The van der Waals surface area contributed by atoms with E-state index in [0.717, 1.165) is 18.5 Å². The van der Waals surface area contributed by atoms with Gasteiger partial charge in [0.05, 0.1) is 6.10 Å². The molecule has 1 fully saturated rings. The first kappa shape index (κ1) is 8.72. The van der Waals surface area contributed by atoms with Crippen molar-refractivity contribution in [2.75, 3.05) is 6.54 Å². The van der Waals surface area contributed by atoms with Gasteiger partial charge >= 0.3 is 0 Å². The maximum atomic E-state index is 9.32. The van der Waals surface area contributed by atoms with Crippen LogP contribution in [-0.4, -0.2) is 27.5 Å². The van der Waals surface area contributed by atoms with Crippen LogP contribution >= 0.6 is 0 Å². The van der Waals surface area contributed by atoms with Crippen molar-refractivity contribution in [2.45, 2.75) is 24.4 Å². The minimum atomic E-state index is -0.182. The molecule has 4 heteroatoms. The molecular formula is C9H15N3O. The van der Waals surface area contributed by atoms with E-state index < -0.39 is 0 Å². The second-order valence-electron chi connectivity index (χ2n) is 3.89. The fourth-order valence-corrected chi connectivity index (χ4v) is 2.22. The number of hydrogen-bond donors (Lipinski definition) is 2. The zero-order valence-corrected chi connectivity index (χ0v) is 7.77. The van der Waals surface area contributed by atoms with Crippen LogP contribution in [0, 0.1) is 0 Å². The van der Waals surface area contributed by atoms with Crippen LogP contribution in [0.4, 0.5) is 0 Å². The molecule has 0 amide bonds. The highest BCUT2D eigenvalue weighted by Crippen LogP contribution is 2.42. The Balaban J connectivity index is 2.28. The fourth-order valence-electron chi connectivity index (χ4n) is 2.22. The molecule has 1 aromatic rings. The molecule has 4 nitrogen and oxygen atoms in total. The van der Waals surface area contributed by atoms with Gasteiger partial charge in [0.1, 0.15) is 0 Å². The number of nitrogens with zero attached hydrogens (tertiary/aromatic N) is 2. The minimum absolute atomic E-state index is 0.0231. The molecule has 72 valence electrons. The number of aryl methyl sites for hydroxylation is 1. The van der Waals surface area contributed by atoms with Gasteiger partial charge < -0.3 is 10.8 Å². The smallest absolute Gasteiger partial charge is 0.0559 e. The van der Waals surface area contributed by atoms with E-state index in [1.165, 1.54) is 0 Å². The van der Waals surface area contributed by atoms with Crippen molar-refractivity contribution in [3.63, 3.8) is 0 Å². The second-order valence-corrected chi connectivity index (χ2v) is 3.89. The summed E-state index contributed by atoms with van der Waals surface area (Å²) >= 11 is 0. The molecule has 1 aliphatic rings. The van der Waals surface area contributed by atoms with E-state index in [1.807, 2.05) is 17.8 Å². The zero-order valence-electron chi connectivity index (χ0n) is 7.77. The maximum absolute atomic E-state index is 9.32. The maximum Gasteiger partial charge on any atom is 0.0559 e. The van der Waals surface area contributed by atoms with Gasteiger partial charge in [0.25, 0.3) is 0 Å². The van der Waals surface area contributed by atoms with E-state index in [0.29, 0.717) is 6.54 Å². The predicted molar refractivity (Wildman–Crippen MR) is 49.2 cm³/mol. The topological polar surface area (TPSA) is 64.1 Å². The van der Waals surface area contributed by atoms with Gasteiger partial charge in [-0.1, -0.05) is 0 Å². The Morgan fingerprint density at radius 1 is 1.77 bits per heavy atom. The van der Waals surface area contributed by atoms with Crippen molar-refractivity contribution < 1.29 is 5.11 Å². The normalized spacial score (nSPS) is 33.0. The van der Waals surface area contributed by atoms with Crippen molar-refractivity contribution in [1.82, 2.24) is 9.78 Å². The van der Waals surface area contributed by atoms with E-state index >= 15 is 0 Å². The summed E-state index contributed by atoms with van der Waals surface area (Å²) in [5, 5.41) is 13.4. The van der Waals surface area contributed by atoms with Crippen molar-refractivity contribution in [3.05, 3.63) is 18.0 Å². The summed E-state index contributed by atoms with van der Waals surface area (Å²) < 4.78 is 1.85. The van der Waals surface area contributed by atoms with Crippen LogP contribution in [0.5, 0.6) is 0 Å². The third-order valence-electron chi connectivity index (χ3n) is 3.01. The first-order valence-electron chi connectivity index (χ1n) is 4.54. The lowest BCUT2D eigenvalue weighted by Gasteiger charge is -2.44. The summed E-state index contributed by atoms with van der Waals surface area (Å²) in [6.45, 7) is 0.587. The summed E-state index contributed by atoms with van der Waals surface area (Å²) in [5.74, 6) is 0. The third kappa shape index (κ3) is 1.17. The van der Waals surface area contributed by atoms with Gasteiger partial charge in [-0.15, -0.1) is 0 Å². The molecule has 13 heavy (non-hydrogen) atoms. The molecule has 1 aromatic heterocycles. The summed E-state index contributed by atoms with van der Waals surface area (Å²) in [4.78, 5) is 0. The molecule has 0 saturated heterocycles. The molecule has 2 rings (SSSR count). The molecule has 0 spiro atoms. The van der Waals surface area contributed by atoms with Crippen molar-refractivity contribution >= 4 is 0 Å². The Bertz CT molecular complexity index is 302. The average molecular weight is 181 g/mol. The molecule has 0 unspecified atom stereocenters. The monoisotopic (exact) mass is 181 g/mol. The van der Waals surface area contributed by atoms with Gasteiger partial charge in [-0.25, -0.2) is 0 Å². The lowest BCUT2D eigenvalue weighted by Crippen LogP contribution is -2.50. The van der Waals surface area contributed by atoms with E-state index in [2.05, 4.69) is 5.10 Å². The van der Waals surface area contributed by atoms with Crippen LogP contribution < -0.4 is 5.73 Å². The van der Waals surface area contributed by atoms with E-state index in [4.69, 9.17) is 5.73 Å². The Labute approximate surface area is 77.4 Å². The summed E-state index contributed by atoms with van der Waals surface area (Å²) in [7, 11) is 1.91. The summed E-state index contributed by atoms with van der Waals surface area (Å²) in [5.41, 5.74) is 6.85. The molecular weight excluding hydrogens is 166 g/mol. The zero-order chi connectivity index (χ0) is 9.47. The van der Waals surface area contributed by atoms with Gasteiger partial charge in [0, 0.05) is 30.9 Å². The lowest BCUT2D eigenvalue weighted by atomic mass is 9.64. The van der Waals surface area contributed by atoms with Crippen molar-refractivity contribution in [1.29, 1.82) is 0 Å². The fraction of sp³-hybridized carbons (Fsp3) is 0.667. The number of aliphatic hydroxyl groups is 1. The number of aliphatic hydroxyl groups excluding tert-OH is 1. The SMILES string of the molecule is Cn1nccc1C1(CN)CC(O)C1. The van der Waals surface area contributed by atoms with Gasteiger partial charge in [0.15, 0.2) is 0 Å². The Kier molecular flexibility index (Phi) is 1.89. The first-order valence-corrected chi connectivity index (χ1v) is 4.54. The quantitative estimate of drug-likeness (QED) is 0.662. The van der Waals surface area contributed by atoms with Crippen LogP contribution in [-0.2, 0) is 12.5 Å². The lowest BCUT2D eigenvalue weighted by molar-refractivity contribution is 0.0183. The molecule has 0 bridgehead atoms.